The van der Waals surface area contributed by atoms with Crippen LogP contribution in [0.15, 0.2) is 36.5 Å². The molecule has 0 atom stereocenters. The maximum Gasteiger partial charge on any atom is 0.223 e. The van der Waals surface area contributed by atoms with E-state index in [0.29, 0.717) is 18.2 Å². The third-order valence-electron chi connectivity index (χ3n) is 3.18. The molecule has 2 aromatic rings. The van der Waals surface area contributed by atoms with Gasteiger partial charge in [0.15, 0.2) is 0 Å². The van der Waals surface area contributed by atoms with Gasteiger partial charge in [-0.1, -0.05) is 26.0 Å². The van der Waals surface area contributed by atoms with Crippen molar-refractivity contribution in [3.8, 4) is 11.6 Å². The second kappa shape index (κ2) is 7.74. The molecule has 0 spiro atoms. The second-order valence-corrected chi connectivity index (χ2v) is 4.89. The summed E-state index contributed by atoms with van der Waals surface area (Å²) in [6, 6.07) is 9.33. The van der Waals surface area contributed by atoms with Crippen LogP contribution in [0.3, 0.4) is 0 Å². The highest BCUT2D eigenvalue weighted by Gasteiger charge is 2.08. The van der Waals surface area contributed by atoms with Crippen LogP contribution >= 0.6 is 0 Å². The molecule has 0 amide bonds. The Labute approximate surface area is 125 Å². The fraction of sp³-hybridized carbons (Fsp3) is 0.353. The van der Waals surface area contributed by atoms with E-state index in [9.17, 15) is 4.39 Å². The quantitative estimate of drug-likeness (QED) is 0.780. The van der Waals surface area contributed by atoms with Crippen molar-refractivity contribution in [2.75, 3.05) is 6.54 Å². The zero-order valence-electron chi connectivity index (χ0n) is 12.5. The Morgan fingerprint density at radius 1 is 1.19 bits per heavy atom. The molecule has 2 rings (SSSR count). The molecule has 0 fully saturated rings. The lowest BCUT2D eigenvalue weighted by atomic mass is 10.2. The smallest absolute Gasteiger partial charge is 0.223 e. The number of rotatable bonds is 7. The summed E-state index contributed by atoms with van der Waals surface area (Å²) in [5, 5.41) is 3.24. The predicted molar refractivity (Wildman–Crippen MR) is 82.1 cm³/mol. The second-order valence-electron chi connectivity index (χ2n) is 4.89. The van der Waals surface area contributed by atoms with E-state index in [1.54, 1.807) is 0 Å². The zero-order valence-corrected chi connectivity index (χ0v) is 12.5. The van der Waals surface area contributed by atoms with Gasteiger partial charge in [0.05, 0.1) is 6.20 Å². The number of pyridine rings is 1. The predicted octanol–water partition coefficient (Wildman–Crippen LogP) is 4.08. The lowest BCUT2D eigenvalue weighted by Gasteiger charge is -2.11. The van der Waals surface area contributed by atoms with Crippen molar-refractivity contribution in [3.63, 3.8) is 0 Å². The Kier molecular flexibility index (Phi) is 5.69. The van der Waals surface area contributed by atoms with Gasteiger partial charge in [0, 0.05) is 12.1 Å². The summed E-state index contributed by atoms with van der Waals surface area (Å²) in [6.45, 7) is 5.61. The van der Waals surface area contributed by atoms with Gasteiger partial charge in [-0.15, -0.1) is 0 Å². The van der Waals surface area contributed by atoms with E-state index < -0.39 is 0 Å². The molecule has 0 unspecified atom stereocenters. The molecule has 1 N–H and O–H groups in total. The van der Waals surface area contributed by atoms with Crippen molar-refractivity contribution in [2.45, 2.75) is 33.2 Å². The minimum Gasteiger partial charge on any atom is -0.439 e. The number of nitrogens with zero attached hydrogens (tertiary/aromatic N) is 1. The average Bonchev–Trinajstić information content (AvgIpc) is 2.51. The van der Waals surface area contributed by atoms with E-state index in [0.717, 1.165) is 24.9 Å². The SMILES string of the molecule is CCCNCc1cc(F)cnc1Oc1ccc(CC)cc1. The van der Waals surface area contributed by atoms with Crippen LogP contribution in [0.1, 0.15) is 31.4 Å². The maximum atomic E-state index is 13.3. The molecule has 0 aliphatic heterocycles. The van der Waals surface area contributed by atoms with Crippen molar-refractivity contribution in [2.24, 2.45) is 0 Å². The van der Waals surface area contributed by atoms with Crippen molar-refractivity contribution in [3.05, 3.63) is 53.5 Å². The molecule has 1 aromatic heterocycles. The normalized spacial score (nSPS) is 10.6. The van der Waals surface area contributed by atoms with Crippen LogP contribution in [-0.4, -0.2) is 11.5 Å². The molecule has 0 aliphatic carbocycles. The van der Waals surface area contributed by atoms with Gasteiger partial charge in [-0.05, 0) is 43.1 Å². The van der Waals surface area contributed by atoms with Crippen LogP contribution in [0.5, 0.6) is 11.6 Å². The monoisotopic (exact) mass is 288 g/mol. The Hall–Kier alpha value is -1.94. The van der Waals surface area contributed by atoms with Crippen LogP contribution in [-0.2, 0) is 13.0 Å². The molecule has 1 heterocycles. The van der Waals surface area contributed by atoms with Gasteiger partial charge < -0.3 is 10.1 Å². The van der Waals surface area contributed by atoms with Gasteiger partial charge in [-0.2, -0.15) is 0 Å². The van der Waals surface area contributed by atoms with Gasteiger partial charge in [0.1, 0.15) is 11.6 Å². The molecule has 0 saturated heterocycles. The molecular formula is C17H21FN2O. The van der Waals surface area contributed by atoms with Crippen molar-refractivity contribution in [1.29, 1.82) is 0 Å². The summed E-state index contributed by atoms with van der Waals surface area (Å²) >= 11 is 0. The van der Waals surface area contributed by atoms with Gasteiger partial charge in [-0.25, -0.2) is 9.37 Å². The molecule has 0 saturated carbocycles. The van der Waals surface area contributed by atoms with Gasteiger partial charge in [0.2, 0.25) is 5.88 Å². The Morgan fingerprint density at radius 2 is 1.95 bits per heavy atom. The van der Waals surface area contributed by atoms with Gasteiger partial charge in [0.25, 0.3) is 0 Å². The highest BCUT2D eigenvalue weighted by molar-refractivity contribution is 5.34. The highest BCUT2D eigenvalue weighted by Crippen LogP contribution is 2.24. The molecule has 0 radical (unpaired) electrons. The number of nitrogens with one attached hydrogen (secondary N) is 1. The first-order chi connectivity index (χ1) is 10.2. The van der Waals surface area contributed by atoms with Crippen LogP contribution in [0.4, 0.5) is 4.39 Å². The van der Waals surface area contributed by atoms with Gasteiger partial charge in [-0.3, -0.25) is 0 Å². The first-order valence-corrected chi connectivity index (χ1v) is 7.34. The average molecular weight is 288 g/mol. The number of benzene rings is 1. The standard InChI is InChI=1S/C17H21FN2O/c1-3-9-19-11-14-10-15(18)12-20-17(14)21-16-7-5-13(4-2)6-8-16/h5-8,10,12,19H,3-4,9,11H2,1-2H3. The summed E-state index contributed by atoms with van der Waals surface area (Å²) in [5.41, 5.74) is 1.97. The van der Waals surface area contributed by atoms with Crippen molar-refractivity contribution in [1.82, 2.24) is 10.3 Å². The fourth-order valence-electron chi connectivity index (χ4n) is 1.99. The van der Waals surface area contributed by atoms with E-state index in [-0.39, 0.29) is 5.82 Å². The Bertz CT molecular complexity index is 570. The minimum atomic E-state index is -0.350. The van der Waals surface area contributed by atoms with Crippen molar-refractivity contribution < 1.29 is 9.13 Å². The van der Waals surface area contributed by atoms with E-state index in [4.69, 9.17) is 4.74 Å². The largest absolute Gasteiger partial charge is 0.439 e. The van der Waals surface area contributed by atoms with Gasteiger partial charge >= 0.3 is 0 Å². The third-order valence-corrected chi connectivity index (χ3v) is 3.18. The number of halogens is 1. The number of hydrogen-bond acceptors (Lipinski definition) is 3. The first kappa shape index (κ1) is 15.4. The molecule has 4 heteroatoms. The summed E-state index contributed by atoms with van der Waals surface area (Å²) in [4.78, 5) is 4.06. The summed E-state index contributed by atoms with van der Waals surface area (Å²) in [7, 11) is 0. The van der Waals surface area contributed by atoms with Crippen LogP contribution in [0.2, 0.25) is 0 Å². The third kappa shape index (κ3) is 4.53. The first-order valence-electron chi connectivity index (χ1n) is 7.34. The number of aromatic nitrogens is 1. The number of hydrogen-bond donors (Lipinski definition) is 1. The number of aryl methyl sites for hydroxylation is 1. The Morgan fingerprint density at radius 3 is 2.62 bits per heavy atom. The Balaban J connectivity index is 2.13. The zero-order chi connectivity index (χ0) is 15.1. The lowest BCUT2D eigenvalue weighted by Crippen LogP contribution is -2.15. The van der Waals surface area contributed by atoms with Crippen molar-refractivity contribution >= 4 is 0 Å². The highest BCUT2D eigenvalue weighted by atomic mass is 19.1. The molecule has 3 nitrogen and oxygen atoms in total. The van der Waals surface area contributed by atoms with E-state index in [1.807, 2.05) is 24.3 Å². The van der Waals surface area contributed by atoms with E-state index >= 15 is 0 Å². The van der Waals surface area contributed by atoms with E-state index in [1.165, 1.54) is 17.8 Å². The summed E-state index contributed by atoms with van der Waals surface area (Å²) in [6.07, 6.45) is 3.19. The molecule has 0 aliphatic rings. The maximum absolute atomic E-state index is 13.3. The summed E-state index contributed by atoms with van der Waals surface area (Å²) < 4.78 is 19.1. The topological polar surface area (TPSA) is 34.2 Å². The fourth-order valence-corrected chi connectivity index (χ4v) is 1.99. The molecule has 21 heavy (non-hydrogen) atoms. The van der Waals surface area contributed by atoms with E-state index in [2.05, 4.69) is 24.1 Å². The minimum absolute atomic E-state index is 0.350. The van der Waals surface area contributed by atoms with Crippen LogP contribution in [0.25, 0.3) is 0 Å². The summed E-state index contributed by atoms with van der Waals surface area (Å²) in [5.74, 6) is 0.810. The molecule has 0 bridgehead atoms. The molecule has 1 aromatic carbocycles. The molecular weight excluding hydrogens is 267 g/mol. The van der Waals surface area contributed by atoms with Crippen LogP contribution in [0, 0.1) is 5.82 Å². The molecule has 112 valence electrons. The van der Waals surface area contributed by atoms with Crippen LogP contribution < -0.4 is 10.1 Å². The number of ether oxygens (including phenoxy) is 1. The lowest BCUT2D eigenvalue weighted by molar-refractivity contribution is 0.448.